The van der Waals surface area contributed by atoms with Crippen LogP contribution in [0.15, 0.2) is 48.5 Å². The van der Waals surface area contributed by atoms with E-state index in [-0.39, 0.29) is 24.9 Å². The maximum Gasteiger partial charge on any atom is 0.422 e. The van der Waals surface area contributed by atoms with Crippen LogP contribution in [0, 0.1) is 5.92 Å². The zero-order valence-corrected chi connectivity index (χ0v) is 17.7. The first-order chi connectivity index (χ1) is 15.3. The molecule has 1 fully saturated rings. The minimum Gasteiger partial charge on any atom is -0.440 e. The predicted molar refractivity (Wildman–Crippen MR) is 115 cm³/mol. The van der Waals surface area contributed by atoms with E-state index in [0.29, 0.717) is 18.5 Å². The van der Waals surface area contributed by atoms with Crippen molar-refractivity contribution in [2.24, 2.45) is 5.92 Å². The highest BCUT2D eigenvalue weighted by Crippen LogP contribution is 2.35. The molecule has 0 radical (unpaired) electrons. The highest BCUT2D eigenvalue weighted by Gasteiger charge is 2.33. The quantitative estimate of drug-likeness (QED) is 0.569. The molecule has 32 heavy (non-hydrogen) atoms. The van der Waals surface area contributed by atoms with Gasteiger partial charge in [-0.25, -0.2) is 9.78 Å². The molecule has 0 bridgehead atoms. The van der Waals surface area contributed by atoms with Gasteiger partial charge in [0.05, 0.1) is 15.9 Å². The average Bonchev–Trinajstić information content (AvgIpc) is 3.21. The second-order valence-corrected chi connectivity index (χ2v) is 8.48. The Labute approximate surface area is 186 Å². The third kappa shape index (κ3) is 5.18. The number of rotatable bonds is 4. The van der Waals surface area contributed by atoms with E-state index in [2.05, 4.69) is 15.0 Å². The molecule has 0 saturated carbocycles. The Kier molecular flexibility index (Phi) is 6.31. The highest BCUT2D eigenvalue weighted by molar-refractivity contribution is 7.21. The number of anilines is 1. The number of aromatic nitrogens is 1. The molecule has 168 valence electrons. The van der Waals surface area contributed by atoms with E-state index in [9.17, 15) is 22.8 Å². The smallest absolute Gasteiger partial charge is 0.422 e. The Morgan fingerprint density at radius 3 is 2.50 bits per heavy atom. The topological polar surface area (TPSA) is 71.5 Å². The van der Waals surface area contributed by atoms with E-state index < -0.39 is 18.9 Å². The number of thiazole rings is 1. The number of piperidine rings is 1. The normalized spacial score (nSPS) is 15.0. The fraction of sp³-hybridized carbons (Fsp3) is 0.318. The van der Waals surface area contributed by atoms with Crippen LogP contribution >= 0.6 is 11.3 Å². The number of alkyl halides is 3. The largest absolute Gasteiger partial charge is 0.440 e. The molecule has 0 atom stereocenters. The third-order valence-corrected chi connectivity index (χ3v) is 6.26. The lowest BCUT2D eigenvalue weighted by molar-refractivity contribution is -0.162. The van der Waals surface area contributed by atoms with Crippen molar-refractivity contribution in [2.45, 2.75) is 19.0 Å². The van der Waals surface area contributed by atoms with Crippen molar-refractivity contribution in [1.82, 2.24) is 9.88 Å². The van der Waals surface area contributed by atoms with E-state index in [4.69, 9.17) is 0 Å². The summed E-state index contributed by atoms with van der Waals surface area (Å²) < 4.78 is 42.0. The molecule has 2 amide bonds. The number of amides is 2. The number of carbonyl (C=O) groups excluding carboxylic acids is 2. The van der Waals surface area contributed by atoms with Gasteiger partial charge in [-0.2, -0.15) is 13.2 Å². The molecule has 1 aliphatic heterocycles. The van der Waals surface area contributed by atoms with E-state index >= 15 is 0 Å². The minimum absolute atomic E-state index is 0.161. The number of nitrogens with one attached hydrogen (secondary N) is 1. The number of hydrogen-bond acceptors (Lipinski definition) is 5. The summed E-state index contributed by atoms with van der Waals surface area (Å²) in [6, 6.07) is 15.2. The van der Waals surface area contributed by atoms with Crippen molar-refractivity contribution in [2.75, 3.05) is 25.0 Å². The van der Waals surface area contributed by atoms with E-state index in [1.807, 2.05) is 48.5 Å². The molecule has 0 aliphatic carbocycles. The molecule has 3 aromatic rings. The van der Waals surface area contributed by atoms with E-state index in [0.717, 1.165) is 20.8 Å². The lowest BCUT2D eigenvalue weighted by Crippen LogP contribution is -2.42. The summed E-state index contributed by atoms with van der Waals surface area (Å²) in [6.45, 7) is -1.29. The summed E-state index contributed by atoms with van der Waals surface area (Å²) in [7, 11) is 0. The van der Waals surface area contributed by atoms with Gasteiger partial charge in [0.1, 0.15) is 5.01 Å². The Bertz CT molecular complexity index is 1090. The SMILES string of the molecule is O=C(Nc1ccccc1-c1nc2ccccc2s1)C1CCN(C(=O)OCC(F)(F)F)CC1. The lowest BCUT2D eigenvalue weighted by Gasteiger charge is -2.30. The number of ether oxygens (including phenoxy) is 1. The lowest BCUT2D eigenvalue weighted by atomic mass is 9.96. The van der Waals surface area contributed by atoms with Gasteiger partial charge in [-0.05, 0) is 37.1 Å². The number of nitrogens with zero attached hydrogens (tertiary/aromatic N) is 2. The molecular weight excluding hydrogens is 443 g/mol. The van der Waals surface area contributed by atoms with Crippen molar-refractivity contribution in [1.29, 1.82) is 0 Å². The van der Waals surface area contributed by atoms with Gasteiger partial charge in [0, 0.05) is 24.6 Å². The summed E-state index contributed by atoms with van der Waals surface area (Å²) in [5.74, 6) is -0.549. The van der Waals surface area contributed by atoms with Gasteiger partial charge in [-0.15, -0.1) is 11.3 Å². The first-order valence-corrected chi connectivity index (χ1v) is 10.9. The van der Waals surface area contributed by atoms with Crippen molar-refractivity contribution in [3.8, 4) is 10.6 Å². The molecule has 4 rings (SSSR count). The zero-order chi connectivity index (χ0) is 22.7. The number of para-hydroxylation sites is 2. The molecule has 0 spiro atoms. The van der Waals surface area contributed by atoms with Crippen molar-refractivity contribution in [3.05, 3.63) is 48.5 Å². The monoisotopic (exact) mass is 463 g/mol. The van der Waals surface area contributed by atoms with Gasteiger partial charge >= 0.3 is 12.3 Å². The average molecular weight is 463 g/mol. The van der Waals surface area contributed by atoms with Crippen LogP contribution in [0.2, 0.25) is 0 Å². The van der Waals surface area contributed by atoms with E-state index in [1.54, 1.807) is 0 Å². The maximum atomic E-state index is 12.8. The first-order valence-electron chi connectivity index (χ1n) is 10.0. The van der Waals surface area contributed by atoms with Crippen molar-refractivity contribution in [3.63, 3.8) is 0 Å². The summed E-state index contributed by atoms with van der Waals surface area (Å²) in [5, 5.41) is 3.75. The summed E-state index contributed by atoms with van der Waals surface area (Å²) in [5.41, 5.74) is 2.34. The minimum atomic E-state index is -4.56. The molecular formula is C22H20F3N3O3S. The van der Waals surface area contributed by atoms with Crippen LogP contribution in [0.25, 0.3) is 20.8 Å². The zero-order valence-electron chi connectivity index (χ0n) is 16.9. The maximum absolute atomic E-state index is 12.8. The molecule has 0 unspecified atom stereocenters. The van der Waals surface area contributed by atoms with Crippen molar-refractivity contribution >= 4 is 39.2 Å². The molecule has 10 heteroatoms. The van der Waals surface area contributed by atoms with E-state index in [1.165, 1.54) is 16.2 Å². The Balaban J connectivity index is 1.39. The second kappa shape index (κ2) is 9.15. The summed E-state index contributed by atoms with van der Waals surface area (Å²) in [6.07, 6.45) is -4.89. The number of hydrogen-bond donors (Lipinski definition) is 1. The van der Waals surface area contributed by atoms with Crippen molar-refractivity contribution < 1.29 is 27.5 Å². The van der Waals surface area contributed by atoms with Gasteiger partial charge in [-0.1, -0.05) is 24.3 Å². The molecule has 2 heterocycles. The van der Waals surface area contributed by atoms with Gasteiger partial charge in [-0.3, -0.25) is 4.79 Å². The Hall–Kier alpha value is -3.14. The van der Waals surface area contributed by atoms with Gasteiger partial charge in [0.25, 0.3) is 0 Å². The van der Waals surface area contributed by atoms with Gasteiger partial charge in [0.15, 0.2) is 6.61 Å². The fourth-order valence-corrected chi connectivity index (χ4v) is 4.57. The number of likely N-dealkylation sites (tertiary alicyclic amines) is 1. The van der Waals surface area contributed by atoms with Crippen LogP contribution in [-0.2, 0) is 9.53 Å². The fourth-order valence-electron chi connectivity index (χ4n) is 3.56. The first kappa shape index (κ1) is 22.1. The number of carbonyl (C=O) groups is 2. The van der Waals surface area contributed by atoms with Crippen LogP contribution in [0.1, 0.15) is 12.8 Å². The Morgan fingerprint density at radius 1 is 1.09 bits per heavy atom. The molecule has 2 aromatic carbocycles. The standard InChI is InChI=1S/C22H20F3N3O3S/c23-22(24,25)13-31-21(30)28-11-9-14(10-12-28)19(29)26-16-6-2-1-5-15(16)20-27-17-7-3-4-8-18(17)32-20/h1-8,14H,9-13H2,(H,26,29). The van der Waals surface area contributed by atoms with Gasteiger partial charge < -0.3 is 15.0 Å². The number of halogens is 3. The van der Waals surface area contributed by atoms with Crippen LogP contribution in [-0.4, -0.2) is 47.8 Å². The molecule has 1 saturated heterocycles. The number of benzene rings is 2. The molecule has 1 aromatic heterocycles. The highest BCUT2D eigenvalue weighted by atomic mass is 32.1. The second-order valence-electron chi connectivity index (χ2n) is 7.45. The van der Waals surface area contributed by atoms with Crippen LogP contribution in [0.4, 0.5) is 23.7 Å². The summed E-state index contributed by atoms with van der Waals surface area (Å²) in [4.78, 5) is 30.5. The van der Waals surface area contributed by atoms with Crippen LogP contribution in [0.3, 0.4) is 0 Å². The summed E-state index contributed by atoms with van der Waals surface area (Å²) >= 11 is 1.54. The Morgan fingerprint density at radius 2 is 1.78 bits per heavy atom. The molecule has 1 aliphatic rings. The molecule has 6 nitrogen and oxygen atoms in total. The van der Waals surface area contributed by atoms with Crippen LogP contribution in [0.5, 0.6) is 0 Å². The number of fused-ring (bicyclic) bond motifs is 1. The predicted octanol–water partition coefficient (Wildman–Crippen LogP) is 5.31. The molecule has 1 N–H and O–H groups in total. The third-order valence-electron chi connectivity index (χ3n) is 5.19. The van der Waals surface area contributed by atoms with Gasteiger partial charge in [0.2, 0.25) is 5.91 Å². The van der Waals surface area contributed by atoms with Crippen LogP contribution < -0.4 is 5.32 Å².